The van der Waals surface area contributed by atoms with E-state index < -0.39 is 5.97 Å². The Labute approximate surface area is 114 Å². The summed E-state index contributed by atoms with van der Waals surface area (Å²) in [5, 5.41) is 9.22. The fourth-order valence-corrected chi connectivity index (χ4v) is 1.09. The predicted molar refractivity (Wildman–Crippen MR) is 60.3 cm³/mol. The Morgan fingerprint density at radius 2 is 1.93 bits per heavy atom. The molecule has 0 saturated heterocycles. The normalized spacial score (nSPS) is 9.86. The van der Waals surface area contributed by atoms with E-state index in [0.29, 0.717) is 15.6 Å². The van der Waals surface area contributed by atoms with Crippen molar-refractivity contribution in [3.8, 4) is 0 Å². The zero-order chi connectivity index (χ0) is 9.84. The van der Waals surface area contributed by atoms with Crippen molar-refractivity contribution in [1.29, 1.82) is 0 Å². The molecular formula is C9H7Cl2NaO2. The molecule has 0 aromatic heterocycles. The van der Waals surface area contributed by atoms with Crippen molar-refractivity contribution in [3.05, 3.63) is 39.9 Å². The maximum absolute atomic E-state index is 10.2. The van der Waals surface area contributed by atoms with Gasteiger partial charge < -0.3 is 5.11 Å². The Kier molecular flexibility index (Phi) is 6.49. The van der Waals surface area contributed by atoms with Crippen molar-refractivity contribution >= 4 is 64.8 Å². The fraction of sp³-hybridized carbons (Fsp3) is 0. The van der Waals surface area contributed by atoms with Gasteiger partial charge in [0, 0.05) is 6.08 Å². The molecule has 1 aromatic rings. The van der Waals surface area contributed by atoms with Crippen LogP contribution in [0, 0.1) is 0 Å². The molecule has 0 unspecified atom stereocenters. The molecule has 0 aliphatic heterocycles. The monoisotopic (exact) mass is 240 g/mol. The third kappa shape index (κ3) is 4.49. The summed E-state index contributed by atoms with van der Waals surface area (Å²) in [6.07, 6.45) is 2.49. The van der Waals surface area contributed by atoms with Crippen LogP contribution in [-0.2, 0) is 4.79 Å². The van der Waals surface area contributed by atoms with E-state index >= 15 is 0 Å². The van der Waals surface area contributed by atoms with Gasteiger partial charge in [0.15, 0.2) is 0 Å². The van der Waals surface area contributed by atoms with E-state index in [2.05, 4.69) is 0 Å². The molecule has 0 spiro atoms. The summed E-state index contributed by atoms with van der Waals surface area (Å²) in [6.45, 7) is 0. The number of carboxylic acids is 1. The summed E-state index contributed by atoms with van der Waals surface area (Å²) in [5.74, 6) is -0.994. The zero-order valence-electron chi connectivity index (χ0n) is 6.50. The van der Waals surface area contributed by atoms with Gasteiger partial charge >= 0.3 is 35.5 Å². The summed E-state index contributed by atoms with van der Waals surface area (Å²) in [7, 11) is 0. The second-order valence-corrected chi connectivity index (χ2v) is 3.16. The molecule has 0 amide bonds. The third-order valence-electron chi connectivity index (χ3n) is 1.36. The molecule has 0 atom stereocenters. The number of hydrogen-bond donors (Lipinski definition) is 1. The van der Waals surface area contributed by atoms with Crippen LogP contribution in [0.1, 0.15) is 5.56 Å². The molecule has 0 bridgehead atoms. The van der Waals surface area contributed by atoms with Crippen LogP contribution in [0.5, 0.6) is 0 Å². The standard InChI is InChI=1S/C9H6Cl2O2.Na.H/c10-7-3-1-6(5-8(7)11)2-4-9(12)13;;/h1-5H,(H,12,13);;. The van der Waals surface area contributed by atoms with Crippen molar-refractivity contribution in [2.45, 2.75) is 0 Å². The molecule has 1 rings (SSSR count). The van der Waals surface area contributed by atoms with Gasteiger partial charge in [-0.25, -0.2) is 4.79 Å². The number of carbonyl (C=O) groups is 1. The van der Waals surface area contributed by atoms with Crippen LogP contribution in [0.15, 0.2) is 24.3 Å². The predicted octanol–water partition coefficient (Wildman–Crippen LogP) is 2.44. The molecule has 70 valence electrons. The van der Waals surface area contributed by atoms with Crippen LogP contribution in [-0.4, -0.2) is 40.6 Å². The van der Waals surface area contributed by atoms with E-state index in [9.17, 15) is 4.79 Å². The molecule has 5 heteroatoms. The van der Waals surface area contributed by atoms with E-state index in [-0.39, 0.29) is 29.6 Å². The summed E-state index contributed by atoms with van der Waals surface area (Å²) in [4.78, 5) is 10.2. The van der Waals surface area contributed by atoms with E-state index in [1.165, 1.54) is 6.08 Å². The van der Waals surface area contributed by atoms with Crippen LogP contribution in [0.2, 0.25) is 10.0 Å². The first-order valence-electron chi connectivity index (χ1n) is 3.45. The summed E-state index contributed by atoms with van der Waals surface area (Å²) in [5.41, 5.74) is 0.705. The minimum absolute atomic E-state index is 0. The van der Waals surface area contributed by atoms with Crippen LogP contribution >= 0.6 is 23.2 Å². The second-order valence-electron chi connectivity index (χ2n) is 2.35. The first-order valence-corrected chi connectivity index (χ1v) is 4.21. The van der Waals surface area contributed by atoms with Crippen molar-refractivity contribution in [2.75, 3.05) is 0 Å². The number of rotatable bonds is 2. The zero-order valence-corrected chi connectivity index (χ0v) is 8.01. The Bertz CT molecular complexity index is 364. The molecule has 14 heavy (non-hydrogen) atoms. The Morgan fingerprint density at radius 3 is 2.43 bits per heavy atom. The Balaban J connectivity index is 0.00000169. The molecule has 0 aliphatic carbocycles. The van der Waals surface area contributed by atoms with Gasteiger partial charge in [0.1, 0.15) is 0 Å². The van der Waals surface area contributed by atoms with E-state index in [4.69, 9.17) is 28.3 Å². The summed E-state index contributed by atoms with van der Waals surface area (Å²) < 4.78 is 0. The van der Waals surface area contributed by atoms with Gasteiger partial charge in [-0.05, 0) is 23.8 Å². The van der Waals surface area contributed by atoms with Gasteiger partial charge in [-0.15, -0.1) is 0 Å². The topological polar surface area (TPSA) is 37.3 Å². The number of benzene rings is 1. The molecule has 0 fully saturated rings. The van der Waals surface area contributed by atoms with Crippen molar-refractivity contribution in [1.82, 2.24) is 0 Å². The van der Waals surface area contributed by atoms with Gasteiger partial charge in [-0.2, -0.15) is 0 Å². The molecule has 1 aromatic carbocycles. The maximum atomic E-state index is 10.2. The van der Waals surface area contributed by atoms with Crippen LogP contribution < -0.4 is 0 Å². The van der Waals surface area contributed by atoms with Crippen molar-refractivity contribution in [3.63, 3.8) is 0 Å². The second kappa shape index (κ2) is 6.49. The number of aliphatic carboxylic acids is 1. The molecule has 0 saturated carbocycles. The number of hydrogen-bond acceptors (Lipinski definition) is 1. The third-order valence-corrected chi connectivity index (χ3v) is 2.10. The number of carboxylic acid groups (broad SMARTS) is 1. The molecule has 0 heterocycles. The summed E-state index contributed by atoms with van der Waals surface area (Å²) >= 11 is 11.4. The van der Waals surface area contributed by atoms with Gasteiger partial charge in [-0.1, -0.05) is 29.3 Å². The van der Waals surface area contributed by atoms with Gasteiger partial charge in [0.25, 0.3) is 0 Å². The molecule has 2 nitrogen and oxygen atoms in total. The minimum atomic E-state index is -0.994. The molecule has 1 N–H and O–H groups in total. The summed E-state index contributed by atoms with van der Waals surface area (Å²) in [6, 6.07) is 4.91. The van der Waals surface area contributed by atoms with Gasteiger partial charge in [0.2, 0.25) is 0 Å². The van der Waals surface area contributed by atoms with Gasteiger partial charge in [-0.3, -0.25) is 0 Å². The number of halogens is 2. The van der Waals surface area contributed by atoms with E-state index in [0.717, 1.165) is 6.08 Å². The van der Waals surface area contributed by atoms with Crippen molar-refractivity contribution < 1.29 is 9.90 Å². The van der Waals surface area contributed by atoms with Gasteiger partial charge in [0.05, 0.1) is 10.0 Å². The van der Waals surface area contributed by atoms with Crippen LogP contribution in [0.4, 0.5) is 0 Å². The van der Waals surface area contributed by atoms with E-state index in [1.807, 2.05) is 0 Å². The van der Waals surface area contributed by atoms with Crippen LogP contribution in [0.3, 0.4) is 0 Å². The first kappa shape index (κ1) is 14.0. The quantitative estimate of drug-likeness (QED) is 0.637. The SMILES string of the molecule is O=C(O)C=Cc1ccc(Cl)c(Cl)c1.[NaH]. The first-order chi connectivity index (χ1) is 6.09. The Morgan fingerprint density at radius 1 is 1.29 bits per heavy atom. The average molecular weight is 241 g/mol. The molecule has 0 radical (unpaired) electrons. The molecule has 0 aliphatic rings. The average Bonchev–Trinajstić information content (AvgIpc) is 2.07. The molecular weight excluding hydrogens is 234 g/mol. The van der Waals surface area contributed by atoms with Crippen molar-refractivity contribution in [2.24, 2.45) is 0 Å². The van der Waals surface area contributed by atoms with E-state index in [1.54, 1.807) is 18.2 Å². The Hall–Kier alpha value is 0.0100. The fourth-order valence-electron chi connectivity index (χ4n) is 0.784. The van der Waals surface area contributed by atoms with Crippen LogP contribution in [0.25, 0.3) is 6.08 Å².